The molecule has 7 heteroatoms. The Morgan fingerprint density at radius 1 is 1.20 bits per heavy atom. The highest BCUT2D eigenvalue weighted by Crippen LogP contribution is 2.29. The number of carbonyl (C=O) groups is 1. The second-order valence-corrected chi connectivity index (χ2v) is 8.59. The van der Waals surface area contributed by atoms with Crippen molar-refractivity contribution in [3.05, 3.63) is 71.0 Å². The smallest absolute Gasteiger partial charge is 0.252 e. The fourth-order valence-electron chi connectivity index (χ4n) is 3.87. The Hall–Kier alpha value is -2.51. The van der Waals surface area contributed by atoms with Crippen LogP contribution in [0.4, 0.5) is 0 Å². The van der Waals surface area contributed by atoms with Crippen LogP contribution < -0.4 is 5.32 Å². The van der Waals surface area contributed by atoms with Crippen molar-refractivity contribution < 1.29 is 13.7 Å². The Morgan fingerprint density at radius 3 is 2.70 bits per heavy atom. The monoisotopic (exact) mass is 425 g/mol. The minimum atomic E-state index is -0.0624. The maximum Gasteiger partial charge on any atom is 0.252 e. The number of amides is 1. The van der Waals surface area contributed by atoms with Crippen LogP contribution in [-0.4, -0.2) is 35.6 Å². The van der Waals surface area contributed by atoms with Crippen LogP contribution in [0.5, 0.6) is 0 Å². The van der Waals surface area contributed by atoms with E-state index in [-0.39, 0.29) is 11.9 Å². The largest absolute Gasteiger partial charge is 0.468 e. The van der Waals surface area contributed by atoms with Gasteiger partial charge in [0.25, 0.3) is 5.91 Å². The van der Waals surface area contributed by atoms with Crippen LogP contribution >= 0.6 is 11.8 Å². The summed E-state index contributed by atoms with van der Waals surface area (Å²) < 4.78 is 10.9. The Bertz CT molecular complexity index is 958. The molecule has 1 N–H and O–H groups in total. The number of benzene rings is 1. The zero-order chi connectivity index (χ0) is 20.9. The number of likely N-dealkylation sites (tertiary alicyclic amines) is 1. The van der Waals surface area contributed by atoms with Crippen LogP contribution in [0.25, 0.3) is 0 Å². The van der Waals surface area contributed by atoms with Crippen molar-refractivity contribution in [2.45, 2.75) is 43.4 Å². The lowest BCUT2D eigenvalue weighted by atomic mass is 10.1. The van der Waals surface area contributed by atoms with E-state index in [1.54, 1.807) is 18.0 Å². The molecule has 158 valence electrons. The summed E-state index contributed by atoms with van der Waals surface area (Å²) >= 11 is 1.63. The Labute approximate surface area is 181 Å². The SMILES string of the molecule is Cc1noc(C)c1CSc1ccccc1C(=O)NCC(c1ccco1)N1CCCC1. The minimum Gasteiger partial charge on any atom is -0.468 e. The second-order valence-electron chi connectivity index (χ2n) is 7.57. The van der Waals surface area contributed by atoms with Crippen LogP contribution in [-0.2, 0) is 5.75 Å². The van der Waals surface area contributed by atoms with E-state index in [2.05, 4.69) is 15.4 Å². The van der Waals surface area contributed by atoms with Gasteiger partial charge < -0.3 is 14.3 Å². The highest BCUT2D eigenvalue weighted by atomic mass is 32.2. The highest BCUT2D eigenvalue weighted by molar-refractivity contribution is 7.98. The zero-order valence-electron chi connectivity index (χ0n) is 17.4. The molecule has 1 unspecified atom stereocenters. The van der Waals surface area contributed by atoms with Gasteiger partial charge in [0.05, 0.1) is 23.6 Å². The standard InChI is InChI=1S/C23H27N3O3S/c1-16-19(17(2)29-25-16)15-30-22-10-4-3-8-18(22)23(27)24-14-20(21-9-7-13-28-21)26-11-5-6-12-26/h3-4,7-10,13,20H,5-6,11-12,14-15H2,1-2H3,(H,24,27). The van der Waals surface area contributed by atoms with Crippen molar-refractivity contribution in [1.82, 2.24) is 15.4 Å². The molecule has 1 saturated heterocycles. The van der Waals surface area contributed by atoms with Gasteiger partial charge in [0.2, 0.25) is 0 Å². The van der Waals surface area contributed by atoms with Gasteiger partial charge in [-0.2, -0.15) is 0 Å². The van der Waals surface area contributed by atoms with E-state index in [1.165, 1.54) is 12.8 Å². The van der Waals surface area contributed by atoms with E-state index in [4.69, 9.17) is 8.94 Å². The summed E-state index contributed by atoms with van der Waals surface area (Å²) in [5.41, 5.74) is 2.67. The van der Waals surface area contributed by atoms with Crippen molar-refractivity contribution in [1.29, 1.82) is 0 Å². The van der Waals surface area contributed by atoms with Crippen LogP contribution in [0.1, 0.15) is 52.0 Å². The topological polar surface area (TPSA) is 71.5 Å². The number of aromatic nitrogens is 1. The molecular weight excluding hydrogens is 398 g/mol. The molecule has 4 rings (SSSR count). The molecule has 1 atom stereocenters. The summed E-state index contributed by atoms with van der Waals surface area (Å²) in [4.78, 5) is 16.4. The molecule has 1 aliphatic rings. The van der Waals surface area contributed by atoms with Crippen molar-refractivity contribution in [3.63, 3.8) is 0 Å². The summed E-state index contributed by atoms with van der Waals surface area (Å²) in [6.07, 6.45) is 4.07. The van der Waals surface area contributed by atoms with Gasteiger partial charge in [-0.15, -0.1) is 11.8 Å². The predicted molar refractivity (Wildman–Crippen MR) is 117 cm³/mol. The number of carbonyl (C=O) groups excluding carboxylic acids is 1. The highest BCUT2D eigenvalue weighted by Gasteiger charge is 2.26. The third-order valence-electron chi connectivity index (χ3n) is 5.59. The molecule has 1 aromatic carbocycles. The molecule has 0 aliphatic carbocycles. The molecule has 1 aliphatic heterocycles. The first-order valence-electron chi connectivity index (χ1n) is 10.3. The van der Waals surface area contributed by atoms with E-state index in [1.807, 2.05) is 50.2 Å². The van der Waals surface area contributed by atoms with Crippen LogP contribution in [0, 0.1) is 13.8 Å². The number of nitrogens with one attached hydrogen (secondary N) is 1. The maximum absolute atomic E-state index is 13.0. The number of hydrogen-bond acceptors (Lipinski definition) is 6. The first-order valence-corrected chi connectivity index (χ1v) is 11.3. The summed E-state index contributed by atoms with van der Waals surface area (Å²) in [5, 5.41) is 7.15. The van der Waals surface area contributed by atoms with Gasteiger partial charge in [-0.25, -0.2) is 0 Å². The Balaban J connectivity index is 1.44. The summed E-state index contributed by atoms with van der Waals surface area (Å²) in [5.74, 6) is 2.38. The maximum atomic E-state index is 13.0. The molecule has 3 aromatic rings. The van der Waals surface area contributed by atoms with Crippen LogP contribution in [0.15, 0.2) is 56.5 Å². The molecule has 30 heavy (non-hydrogen) atoms. The van der Waals surface area contributed by atoms with Gasteiger partial charge in [0.1, 0.15) is 11.5 Å². The van der Waals surface area contributed by atoms with E-state index >= 15 is 0 Å². The lowest BCUT2D eigenvalue weighted by Gasteiger charge is -2.26. The number of furan rings is 1. The van der Waals surface area contributed by atoms with Crippen molar-refractivity contribution in [3.8, 4) is 0 Å². The molecule has 0 radical (unpaired) electrons. The molecule has 0 bridgehead atoms. The normalized spacial score (nSPS) is 15.4. The Morgan fingerprint density at radius 2 is 2.00 bits per heavy atom. The average molecular weight is 426 g/mol. The van der Waals surface area contributed by atoms with E-state index in [0.717, 1.165) is 40.8 Å². The number of nitrogens with zero attached hydrogens (tertiary/aromatic N) is 2. The molecular formula is C23H27N3O3S. The van der Waals surface area contributed by atoms with Gasteiger partial charge in [-0.05, 0) is 64.0 Å². The van der Waals surface area contributed by atoms with E-state index < -0.39 is 0 Å². The van der Waals surface area contributed by atoms with E-state index in [0.29, 0.717) is 17.9 Å². The van der Waals surface area contributed by atoms with E-state index in [9.17, 15) is 4.79 Å². The first-order chi connectivity index (χ1) is 14.6. The van der Waals surface area contributed by atoms with Crippen LogP contribution in [0.2, 0.25) is 0 Å². The van der Waals surface area contributed by atoms with Gasteiger partial charge in [-0.1, -0.05) is 17.3 Å². The molecule has 0 spiro atoms. The fourth-order valence-corrected chi connectivity index (χ4v) is 5.07. The third-order valence-corrected chi connectivity index (χ3v) is 6.69. The van der Waals surface area contributed by atoms with Crippen LogP contribution in [0.3, 0.4) is 0 Å². The zero-order valence-corrected chi connectivity index (χ0v) is 18.2. The molecule has 1 fully saturated rings. The number of rotatable bonds is 8. The summed E-state index contributed by atoms with van der Waals surface area (Å²) in [6, 6.07) is 11.7. The second kappa shape index (κ2) is 9.53. The molecule has 1 amide bonds. The molecule has 3 heterocycles. The Kier molecular flexibility index (Phi) is 6.59. The summed E-state index contributed by atoms with van der Waals surface area (Å²) in [7, 11) is 0. The summed E-state index contributed by atoms with van der Waals surface area (Å²) in [6.45, 7) is 6.45. The first kappa shape index (κ1) is 20.8. The number of thioether (sulfide) groups is 1. The fraction of sp³-hybridized carbons (Fsp3) is 0.391. The van der Waals surface area contributed by atoms with Gasteiger partial charge in [-0.3, -0.25) is 9.69 Å². The molecule has 2 aromatic heterocycles. The van der Waals surface area contributed by atoms with Gasteiger partial charge in [0.15, 0.2) is 0 Å². The van der Waals surface area contributed by atoms with Crippen molar-refractivity contribution in [2.75, 3.05) is 19.6 Å². The van der Waals surface area contributed by atoms with Crippen molar-refractivity contribution in [2.24, 2.45) is 0 Å². The number of hydrogen-bond donors (Lipinski definition) is 1. The third kappa shape index (κ3) is 4.63. The molecule has 6 nitrogen and oxygen atoms in total. The van der Waals surface area contributed by atoms with Gasteiger partial charge in [0, 0.05) is 22.8 Å². The quantitative estimate of drug-likeness (QED) is 0.526. The van der Waals surface area contributed by atoms with Gasteiger partial charge >= 0.3 is 0 Å². The minimum absolute atomic E-state index is 0.0624. The average Bonchev–Trinajstić information content (AvgIpc) is 3.52. The molecule has 0 saturated carbocycles. The predicted octanol–water partition coefficient (Wildman–Crippen LogP) is 4.74. The lowest BCUT2D eigenvalue weighted by Crippen LogP contribution is -2.36. The van der Waals surface area contributed by atoms with Crippen molar-refractivity contribution >= 4 is 17.7 Å². The lowest BCUT2D eigenvalue weighted by molar-refractivity contribution is 0.0931. The number of aryl methyl sites for hydroxylation is 2.